The molecule has 0 aliphatic heterocycles. The number of fused-ring (bicyclic) bond motifs is 3. The van der Waals surface area contributed by atoms with E-state index in [-0.39, 0.29) is 0 Å². The lowest BCUT2D eigenvalue weighted by molar-refractivity contribution is 0.881. The van der Waals surface area contributed by atoms with Gasteiger partial charge in [-0.25, -0.2) is 19.2 Å². The van der Waals surface area contributed by atoms with Gasteiger partial charge in [-0.2, -0.15) is 5.10 Å². The molecule has 0 atom stereocenters. The van der Waals surface area contributed by atoms with Crippen molar-refractivity contribution in [2.24, 2.45) is 0 Å². The number of pyridine rings is 1. The van der Waals surface area contributed by atoms with Crippen molar-refractivity contribution in [1.29, 1.82) is 0 Å². The molecule has 26 heavy (non-hydrogen) atoms. The lowest BCUT2D eigenvalue weighted by Crippen LogP contribution is -1.99. The molecular weight excluding hydrogens is 326 g/mol. The van der Waals surface area contributed by atoms with Crippen LogP contribution in [-0.2, 0) is 0 Å². The van der Waals surface area contributed by atoms with E-state index in [1.54, 1.807) is 29.4 Å². The van der Waals surface area contributed by atoms with Crippen molar-refractivity contribution in [1.82, 2.24) is 34.3 Å². The maximum Gasteiger partial charge on any atom is 0.183 e. The van der Waals surface area contributed by atoms with Gasteiger partial charge < -0.3 is 0 Å². The summed E-state index contributed by atoms with van der Waals surface area (Å²) in [4.78, 5) is 13.3. The van der Waals surface area contributed by atoms with Gasteiger partial charge >= 0.3 is 0 Å². The van der Waals surface area contributed by atoms with Crippen LogP contribution >= 0.6 is 0 Å². The Balaban J connectivity index is 1.71. The predicted molar refractivity (Wildman–Crippen MR) is 98.1 cm³/mol. The lowest BCUT2D eigenvalue weighted by Gasteiger charge is -2.06. The molecule has 1 aromatic carbocycles. The van der Waals surface area contributed by atoms with Crippen LogP contribution < -0.4 is 0 Å². The summed E-state index contributed by atoms with van der Waals surface area (Å²) in [5, 5.41) is 9.89. The van der Waals surface area contributed by atoms with Crippen LogP contribution in [0.1, 0.15) is 11.1 Å². The Hall–Kier alpha value is -3.61. The minimum atomic E-state index is 0.617. The van der Waals surface area contributed by atoms with Crippen LogP contribution in [-0.4, -0.2) is 34.3 Å². The smallest absolute Gasteiger partial charge is 0.183 e. The second-order valence-electron chi connectivity index (χ2n) is 6.25. The number of hydrogen-bond acceptors (Lipinski definition) is 5. The van der Waals surface area contributed by atoms with Gasteiger partial charge in [0.2, 0.25) is 0 Å². The number of hydrogen-bond donors (Lipinski definition) is 0. The molecule has 0 aliphatic carbocycles. The summed E-state index contributed by atoms with van der Waals surface area (Å²) in [5.41, 5.74) is 5.79. The summed E-state index contributed by atoms with van der Waals surface area (Å²) in [7, 11) is 0. The van der Waals surface area contributed by atoms with Crippen molar-refractivity contribution in [3.05, 3.63) is 66.4 Å². The Labute approximate surface area is 149 Å². The third kappa shape index (κ3) is 2.17. The fraction of sp³-hybridized carbons (Fsp3) is 0.105. The molecule has 5 rings (SSSR count). The van der Waals surface area contributed by atoms with Crippen LogP contribution in [0.2, 0.25) is 0 Å². The SMILES string of the molecule is Cc1ccc(-n2ncc3c2ncn2nc(-c4cccnc4)nc32)cc1C. The molecule has 0 spiro atoms. The first kappa shape index (κ1) is 14.7. The van der Waals surface area contributed by atoms with Crippen LogP contribution in [0.5, 0.6) is 0 Å². The van der Waals surface area contributed by atoms with E-state index in [1.165, 1.54) is 11.1 Å². The molecule has 0 bridgehead atoms. The Morgan fingerprint density at radius 3 is 2.69 bits per heavy atom. The van der Waals surface area contributed by atoms with Crippen molar-refractivity contribution in [3.8, 4) is 17.1 Å². The van der Waals surface area contributed by atoms with Gasteiger partial charge in [0.1, 0.15) is 6.33 Å². The fourth-order valence-corrected chi connectivity index (χ4v) is 2.98. The summed E-state index contributed by atoms with van der Waals surface area (Å²) in [5.74, 6) is 0.617. The van der Waals surface area contributed by atoms with Gasteiger partial charge in [-0.15, -0.1) is 5.10 Å². The average Bonchev–Trinajstić information content (AvgIpc) is 3.28. The Morgan fingerprint density at radius 2 is 1.88 bits per heavy atom. The normalized spacial score (nSPS) is 11.5. The Morgan fingerprint density at radius 1 is 0.962 bits per heavy atom. The highest BCUT2D eigenvalue weighted by molar-refractivity contribution is 5.89. The van der Waals surface area contributed by atoms with Crippen LogP contribution in [0.25, 0.3) is 33.8 Å². The monoisotopic (exact) mass is 341 g/mol. The van der Waals surface area contributed by atoms with Gasteiger partial charge in [-0.1, -0.05) is 6.07 Å². The highest BCUT2D eigenvalue weighted by atomic mass is 15.3. The molecule has 4 heterocycles. The maximum atomic E-state index is 4.67. The topological polar surface area (TPSA) is 73.8 Å². The fourth-order valence-electron chi connectivity index (χ4n) is 2.98. The molecule has 0 radical (unpaired) electrons. The van der Waals surface area contributed by atoms with Gasteiger partial charge in [-0.05, 0) is 49.2 Å². The first-order valence-electron chi connectivity index (χ1n) is 8.28. The second kappa shape index (κ2) is 5.45. The van der Waals surface area contributed by atoms with Crippen molar-refractivity contribution in [2.45, 2.75) is 13.8 Å². The van der Waals surface area contributed by atoms with E-state index >= 15 is 0 Å². The molecular formula is C19H15N7. The number of rotatable bonds is 2. The summed E-state index contributed by atoms with van der Waals surface area (Å²) >= 11 is 0. The molecule has 5 aromatic rings. The molecule has 7 nitrogen and oxygen atoms in total. The summed E-state index contributed by atoms with van der Waals surface area (Å²) in [6.07, 6.45) is 6.93. The van der Waals surface area contributed by atoms with E-state index in [0.717, 1.165) is 27.9 Å². The first-order valence-corrected chi connectivity index (χ1v) is 8.28. The van der Waals surface area contributed by atoms with Crippen LogP contribution in [0, 0.1) is 13.8 Å². The van der Waals surface area contributed by atoms with Gasteiger partial charge in [0.05, 0.1) is 17.3 Å². The van der Waals surface area contributed by atoms with E-state index in [2.05, 4.69) is 51.1 Å². The van der Waals surface area contributed by atoms with Crippen molar-refractivity contribution in [3.63, 3.8) is 0 Å². The van der Waals surface area contributed by atoms with Crippen LogP contribution in [0.15, 0.2) is 55.2 Å². The average molecular weight is 341 g/mol. The van der Waals surface area contributed by atoms with Gasteiger partial charge in [0.25, 0.3) is 0 Å². The van der Waals surface area contributed by atoms with Gasteiger partial charge in [-0.3, -0.25) is 4.98 Å². The highest BCUT2D eigenvalue weighted by Gasteiger charge is 2.14. The number of aryl methyl sites for hydroxylation is 2. The molecule has 0 saturated heterocycles. The molecule has 126 valence electrons. The van der Waals surface area contributed by atoms with Crippen LogP contribution in [0.3, 0.4) is 0 Å². The van der Waals surface area contributed by atoms with Crippen molar-refractivity contribution < 1.29 is 0 Å². The second-order valence-corrected chi connectivity index (χ2v) is 6.25. The molecule has 0 unspecified atom stereocenters. The standard InChI is InChI=1S/C19H15N7/c1-12-5-6-15(8-13(12)2)26-18-16(10-22-26)19-23-17(24-25(19)11-21-18)14-4-3-7-20-9-14/h3-11H,1-2H3. The zero-order chi connectivity index (χ0) is 17.7. The number of nitrogens with zero attached hydrogens (tertiary/aromatic N) is 7. The van der Waals surface area contributed by atoms with Crippen molar-refractivity contribution >= 4 is 16.7 Å². The largest absolute Gasteiger partial charge is 0.264 e. The number of aromatic nitrogens is 7. The third-order valence-electron chi connectivity index (χ3n) is 4.56. The first-order chi connectivity index (χ1) is 12.7. The Bertz CT molecular complexity index is 1250. The van der Waals surface area contributed by atoms with Gasteiger partial charge in [0, 0.05) is 18.0 Å². The maximum absolute atomic E-state index is 4.67. The zero-order valence-electron chi connectivity index (χ0n) is 14.3. The molecule has 0 amide bonds. The highest BCUT2D eigenvalue weighted by Crippen LogP contribution is 2.23. The molecule has 0 saturated carbocycles. The van der Waals surface area contributed by atoms with Crippen molar-refractivity contribution in [2.75, 3.05) is 0 Å². The molecule has 0 N–H and O–H groups in total. The minimum Gasteiger partial charge on any atom is -0.264 e. The Kier molecular flexibility index (Phi) is 3.08. The van der Waals surface area contributed by atoms with Crippen LogP contribution in [0.4, 0.5) is 0 Å². The number of benzene rings is 1. The predicted octanol–water partition coefficient (Wildman–Crippen LogP) is 3.14. The van der Waals surface area contributed by atoms with Gasteiger partial charge in [0.15, 0.2) is 17.1 Å². The van der Waals surface area contributed by atoms with E-state index in [0.29, 0.717) is 5.82 Å². The third-order valence-corrected chi connectivity index (χ3v) is 4.56. The van der Waals surface area contributed by atoms with E-state index in [4.69, 9.17) is 0 Å². The molecule has 4 aromatic heterocycles. The van der Waals surface area contributed by atoms with E-state index < -0.39 is 0 Å². The minimum absolute atomic E-state index is 0.617. The quantitative estimate of drug-likeness (QED) is 0.493. The summed E-state index contributed by atoms with van der Waals surface area (Å²) < 4.78 is 3.51. The molecule has 0 fully saturated rings. The summed E-state index contributed by atoms with van der Waals surface area (Å²) in [6, 6.07) is 10.1. The van der Waals surface area contributed by atoms with E-state index in [1.807, 2.05) is 22.9 Å². The zero-order valence-corrected chi connectivity index (χ0v) is 14.3. The van der Waals surface area contributed by atoms with E-state index in [9.17, 15) is 0 Å². The lowest BCUT2D eigenvalue weighted by atomic mass is 10.1. The molecule has 7 heteroatoms. The molecule has 0 aliphatic rings. The summed E-state index contributed by atoms with van der Waals surface area (Å²) in [6.45, 7) is 4.19.